The van der Waals surface area contributed by atoms with E-state index in [1.54, 1.807) is 36.1 Å². The third-order valence-corrected chi connectivity index (χ3v) is 5.23. The number of piperazine rings is 1. The van der Waals surface area contributed by atoms with Crippen LogP contribution in [0.15, 0.2) is 54.6 Å². The largest absolute Gasteiger partial charge is 0.416 e. The molecular weight excluding hydrogens is 440 g/mol. The van der Waals surface area contributed by atoms with E-state index in [4.69, 9.17) is 4.79 Å². The molecule has 2 heterocycles. The van der Waals surface area contributed by atoms with Gasteiger partial charge in [-0.2, -0.15) is 18.3 Å². The van der Waals surface area contributed by atoms with Crippen molar-refractivity contribution in [2.75, 3.05) is 31.1 Å². The fourth-order valence-corrected chi connectivity index (χ4v) is 3.64. The Morgan fingerprint density at radius 3 is 2.18 bits per heavy atom. The first-order chi connectivity index (χ1) is 15.7. The Labute approximate surface area is 188 Å². The van der Waals surface area contributed by atoms with Crippen LogP contribution < -0.4 is 4.90 Å². The van der Waals surface area contributed by atoms with Crippen molar-refractivity contribution in [1.82, 2.24) is 14.7 Å². The van der Waals surface area contributed by atoms with Gasteiger partial charge in [0.1, 0.15) is 18.3 Å². The molecular formula is C23H22F4N4O2. The summed E-state index contributed by atoms with van der Waals surface area (Å²) in [6.45, 7) is 5.32. The fraction of sp³-hybridized carbons (Fsp3) is 0.261. The fourth-order valence-electron chi connectivity index (χ4n) is 3.64. The number of rotatable bonds is 3. The lowest BCUT2D eigenvalue weighted by Gasteiger charge is -2.36. The molecule has 0 bridgehead atoms. The summed E-state index contributed by atoms with van der Waals surface area (Å²) in [6, 6.07) is 12.6. The molecule has 4 rings (SSSR count). The van der Waals surface area contributed by atoms with Crippen molar-refractivity contribution in [1.29, 1.82) is 0 Å². The summed E-state index contributed by atoms with van der Waals surface area (Å²) < 4.78 is 53.7. The van der Waals surface area contributed by atoms with Crippen molar-refractivity contribution in [3.63, 3.8) is 0 Å². The number of carbonyl (C=O) groups is 2. The molecule has 174 valence electrons. The van der Waals surface area contributed by atoms with E-state index in [9.17, 15) is 22.4 Å². The summed E-state index contributed by atoms with van der Waals surface area (Å²) in [4.78, 5) is 24.6. The van der Waals surface area contributed by atoms with Crippen LogP contribution in [-0.2, 0) is 11.0 Å². The van der Waals surface area contributed by atoms with E-state index >= 15 is 0 Å². The highest BCUT2D eigenvalue weighted by atomic mass is 19.4. The van der Waals surface area contributed by atoms with Gasteiger partial charge in [0.25, 0.3) is 5.91 Å². The Morgan fingerprint density at radius 1 is 0.939 bits per heavy atom. The number of halogens is 4. The van der Waals surface area contributed by atoms with Gasteiger partial charge in [-0.25, -0.2) is 9.07 Å². The molecule has 2 aromatic carbocycles. The number of nitrogens with zero attached hydrogens (tertiary/aromatic N) is 4. The second kappa shape index (κ2) is 9.85. The van der Waals surface area contributed by atoms with E-state index in [2.05, 4.69) is 5.10 Å². The van der Waals surface area contributed by atoms with Gasteiger partial charge in [-0.05, 0) is 55.5 Å². The number of hydrogen-bond donors (Lipinski definition) is 0. The standard InChI is InChI=1S/C22H20F4N4O.CH2O/c1-15-13-20(30(27-15)18-7-5-17(23)6-8-18)21(31)29-11-9-28(10-12-29)19-4-2-3-16(14-19)22(24,25)26;1-2/h2-8,13-14H,9-12H2,1H3;1H2. The zero-order chi connectivity index (χ0) is 24.2. The molecule has 0 atom stereocenters. The van der Waals surface area contributed by atoms with Gasteiger partial charge >= 0.3 is 6.18 Å². The highest BCUT2D eigenvalue weighted by molar-refractivity contribution is 5.93. The summed E-state index contributed by atoms with van der Waals surface area (Å²) in [6.07, 6.45) is -4.40. The molecule has 1 fully saturated rings. The highest BCUT2D eigenvalue weighted by Crippen LogP contribution is 2.32. The van der Waals surface area contributed by atoms with E-state index in [1.807, 2.05) is 11.7 Å². The van der Waals surface area contributed by atoms with Gasteiger partial charge in [0, 0.05) is 31.9 Å². The van der Waals surface area contributed by atoms with Crippen molar-refractivity contribution >= 4 is 18.4 Å². The molecule has 1 aromatic heterocycles. The number of hydrogen-bond acceptors (Lipinski definition) is 4. The quantitative estimate of drug-likeness (QED) is 0.550. The van der Waals surface area contributed by atoms with Crippen LogP contribution in [-0.4, -0.2) is 53.6 Å². The second-order valence-electron chi connectivity index (χ2n) is 7.39. The monoisotopic (exact) mass is 462 g/mol. The van der Waals surface area contributed by atoms with Crippen LogP contribution in [0, 0.1) is 12.7 Å². The average Bonchev–Trinajstić information content (AvgIpc) is 3.21. The number of anilines is 1. The minimum absolute atomic E-state index is 0.228. The third kappa shape index (κ3) is 5.39. The smallest absolute Gasteiger partial charge is 0.368 e. The lowest BCUT2D eigenvalue weighted by molar-refractivity contribution is -0.137. The van der Waals surface area contributed by atoms with Crippen LogP contribution >= 0.6 is 0 Å². The molecule has 3 aromatic rings. The van der Waals surface area contributed by atoms with Crippen LogP contribution in [0.1, 0.15) is 21.7 Å². The zero-order valence-corrected chi connectivity index (χ0v) is 17.8. The first-order valence-corrected chi connectivity index (χ1v) is 10.1. The maximum Gasteiger partial charge on any atom is 0.416 e. The van der Waals surface area contributed by atoms with E-state index < -0.39 is 11.7 Å². The highest BCUT2D eigenvalue weighted by Gasteiger charge is 2.31. The van der Waals surface area contributed by atoms with Crippen LogP contribution in [0.3, 0.4) is 0 Å². The minimum atomic E-state index is -4.40. The van der Waals surface area contributed by atoms with Gasteiger partial charge in [-0.15, -0.1) is 0 Å². The number of aromatic nitrogens is 2. The number of aryl methyl sites for hydroxylation is 1. The SMILES string of the molecule is C=O.Cc1cc(C(=O)N2CCN(c3cccc(C(F)(F)F)c3)CC2)n(-c2ccc(F)cc2)n1. The Kier molecular flexibility index (Phi) is 7.15. The van der Waals surface area contributed by atoms with Gasteiger partial charge in [0.05, 0.1) is 16.9 Å². The van der Waals surface area contributed by atoms with Crippen LogP contribution in [0.2, 0.25) is 0 Å². The molecule has 0 unspecified atom stereocenters. The van der Waals surface area contributed by atoms with E-state index in [1.165, 1.54) is 22.9 Å². The summed E-state index contributed by atoms with van der Waals surface area (Å²) >= 11 is 0. The third-order valence-electron chi connectivity index (χ3n) is 5.23. The molecule has 1 amide bonds. The van der Waals surface area contributed by atoms with Crippen LogP contribution in [0.4, 0.5) is 23.2 Å². The van der Waals surface area contributed by atoms with E-state index in [-0.39, 0.29) is 11.7 Å². The zero-order valence-electron chi connectivity index (χ0n) is 17.8. The van der Waals surface area contributed by atoms with Crippen LogP contribution in [0.25, 0.3) is 5.69 Å². The number of carbonyl (C=O) groups excluding carboxylic acids is 2. The molecule has 10 heteroatoms. The van der Waals surface area contributed by atoms with Crippen molar-refractivity contribution in [2.24, 2.45) is 0 Å². The van der Waals surface area contributed by atoms with Crippen molar-refractivity contribution in [3.05, 3.63) is 77.4 Å². The van der Waals surface area contributed by atoms with Gasteiger partial charge < -0.3 is 14.6 Å². The van der Waals surface area contributed by atoms with E-state index in [0.717, 1.165) is 12.1 Å². The predicted molar refractivity (Wildman–Crippen MR) is 115 cm³/mol. The molecule has 0 saturated carbocycles. The lowest BCUT2D eigenvalue weighted by Crippen LogP contribution is -2.49. The Balaban J connectivity index is 0.00000149. The molecule has 0 N–H and O–H groups in total. The van der Waals surface area contributed by atoms with Crippen molar-refractivity contribution in [2.45, 2.75) is 13.1 Å². The molecule has 1 aliphatic rings. The first kappa shape index (κ1) is 24.0. The Bertz CT molecular complexity index is 1100. The van der Waals surface area contributed by atoms with Crippen molar-refractivity contribution in [3.8, 4) is 5.69 Å². The number of amides is 1. The van der Waals surface area contributed by atoms with E-state index in [0.29, 0.717) is 48.9 Å². The molecule has 1 saturated heterocycles. The normalized spacial score (nSPS) is 14.0. The van der Waals surface area contributed by atoms with Gasteiger partial charge in [-0.1, -0.05) is 6.07 Å². The number of alkyl halides is 3. The first-order valence-electron chi connectivity index (χ1n) is 10.1. The topological polar surface area (TPSA) is 58.4 Å². The summed E-state index contributed by atoms with van der Waals surface area (Å²) in [7, 11) is 0. The summed E-state index contributed by atoms with van der Waals surface area (Å²) in [5, 5.41) is 4.35. The molecule has 1 aliphatic heterocycles. The Morgan fingerprint density at radius 2 is 1.58 bits per heavy atom. The molecule has 0 aliphatic carbocycles. The molecule has 0 radical (unpaired) electrons. The Hall–Kier alpha value is -3.69. The average molecular weight is 462 g/mol. The minimum Gasteiger partial charge on any atom is -0.368 e. The lowest BCUT2D eigenvalue weighted by atomic mass is 10.1. The summed E-state index contributed by atoms with van der Waals surface area (Å²) in [5.74, 6) is -0.611. The number of benzene rings is 2. The van der Waals surface area contributed by atoms with Gasteiger partial charge in [-0.3, -0.25) is 4.79 Å². The predicted octanol–water partition coefficient (Wildman–Crippen LogP) is 4.12. The maximum atomic E-state index is 13.3. The van der Waals surface area contributed by atoms with Gasteiger partial charge in [0.2, 0.25) is 0 Å². The van der Waals surface area contributed by atoms with Crippen molar-refractivity contribution < 1.29 is 27.2 Å². The summed E-state index contributed by atoms with van der Waals surface area (Å²) in [5.41, 5.74) is 1.36. The maximum absolute atomic E-state index is 13.3. The molecule has 0 spiro atoms. The van der Waals surface area contributed by atoms with Crippen LogP contribution in [0.5, 0.6) is 0 Å². The molecule has 6 nitrogen and oxygen atoms in total. The molecule has 33 heavy (non-hydrogen) atoms. The van der Waals surface area contributed by atoms with Gasteiger partial charge in [0.15, 0.2) is 0 Å². The second-order valence-corrected chi connectivity index (χ2v) is 7.39.